The smallest absolute Gasteiger partial charge is 0.126 e. The van der Waals surface area contributed by atoms with Gasteiger partial charge >= 0.3 is 0 Å². The molecule has 1 aliphatic heterocycles. The summed E-state index contributed by atoms with van der Waals surface area (Å²) in [5, 5.41) is 13.0. The van der Waals surface area contributed by atoms with E-state index < -0.39 is 6.17 Å². The van der Waals surface area contributed by atoms with Crippen molar-refractivity contribution in [2.75, 3.05) is 18.4 Å². The van der Waals surface area contributed by atoms with Crippen molar-refractivity contribution < 1.29 is 4.39 Å². The summed E-state index contributed by atoms with van der Waals surface area (Å²) in [6.45, 7) is 8.39. The van der Waals surface area contributed by atoms with Crippen LogP contribution in [-0.4, -0.2) is 36.3 Å². The molecule has 4 nitrogen and oxygen atoms in total. The fourth-order valence-corrected chi connectivity index (χ4v) is 4.82. The molecule has 2 aliphatic carbocycles. The van der Waals surface area contributed by atoms with E-state index in [0.29, 0.717) is 12.1 Å². The van der Waals surface area contributed by atoms with Crippen molar-refractivity contribution in [3.8, 4) is 0 Å². The molecule has 0 bridgehead atoms. The molecule has 0 saturated carbocycles. The van der Waals surface area contributed by atoms with Gasteiger partial charge in [0.15, 0.2) is 0 Å². The van der Waals surface area contributed by atoms with Crippen LogP contribution in [0.4, 0.5) is 10.2 Å². The molecule has 0 spiro atoms. The summed E-state index contributed by atoms with van der Waals surface area (Å²) in [6.07, 6.45) is 11.9. The zero-order valence-corrected chi connectivity index (χ0v) is 17.7. The number of fused-ring (bicyclic) bond motifs is 1. The maximum atomic E-state index is 14.8. The predicted octanol–water partition coefficient (Wildman–Crippen LogP) is 2.62. The van der Waals surface area contributed by atoms with E-state index in [0.717, 1.165) is 49.0 Å². The normalized spacial score (nSPS) is 27.3. The van der Waals surface area contributed by atoms with E-state index in [1.54, 1.807) is 6.08 Å². The summed E-state index contributed by atoms with van der Waals surface area (Å²) in [5.41, 5.74) is 2.36. The molecule has 156 valence electrons. The van der Waals surface area contributed by atoms with Crippen molar-refractivity contribution in [3.63, 3.8) is 0 Å². The molecule has 0 amide bonds. The van der Waals surface area contributed by atoms with E-state index in [9.17, 15) is 4.39 Å². The van der Waals surface area contributed by atoms with Crippen LogP contribution in [-0.2, 0) is 0 Å². The van der Waals surface area contributed by atoms with Crippen LogP contribution >= 0.6 is 0 Å². The maximum absolute atomic E-state index is 14.8. The number of anilines is 1. The summed E-state index contributed by atoms with van der Waals surface area (Å²) in [6, 6.07) is 2.95. The van der Waals surface area contributed by atoms with Crippen LogP contribution in [0.1, 0.15) is 40.0 Å². The first-order valence-electron chi connectivity index (χ1n) is 10.9. The number of hydrogen-bond donors (Lipinski definition) is 3. The summed E-state index contributed by atoms with van der Waals surface area (Å²) in [7, 11) is 0. The second-order valence-corrected chi connectivity index (χ2v) is 8.90. The molecule has 3 unspecified atom stereocenters. The van der Waals surface area contributed by atoms with Crippen molar-refractivity contribution >= 4 is 17.6 Å². The van der Waals surface area contributed by atoms with E-state index in [4.69, 9.17) is 0 Å². The van der Waals surface area contributed by atoms with Gasteiger partial charge in [-0.05, 0) is 70.3 Å². The van der Waals surface area contributed by atoms with E-state index in [1.165, 1.54) is 10.9 Å². The zero-order valence-electron chi connectivity index (χ0n) is 17.7. The lowest BCUT2D eigenvalue weighted by Crippen LogP contribution is -2.45. The molecular weight excluding hydrogens is 363 g/mol. The minimum absolute atomic E-state index is 0.105. The third kappa shape index (κ3) is 4.55. The van der Waals surface area contributed by atoms with Crippen LogP contribution in [0.3, 0.4) is 0 Å². The number of aromatic nitrogens is 1. The first kappa shape index (κ1) is 20.1. The average Bonchev–Trinajstić information content (AvgIpc) is 2.69. The minimum atomic E-state index is -0.933. The highest BCUT2D eigenvalue weighted by Crippen LogP contribution is 2.35. The summed E-state index contributed by atoms with van der Waals surface area (Å²) in [4.78, 5) is 4.62. The van der Waals surface area contributed by atoms with Crippen LogP contribution in [0, 0.1) is 11.8 Å². The number of rotatable bonds is 5. The molecule has 1 saturated heterocycles. The summed E-state index contributed by atoms with van der Waals surface area (Å²) < 4.78 is 14.8. The van der Waals surface area contributed by atoms with Gasteiger partial charge in [-0.25, -0.2) is 9.37 Å². The third-order valence-electron chi connectivity index (χ3n) is 6.23. The molecule has 2 heterocycles. The highest BCUT2D eigenvalue weighted by atomic mass is 19.1. The molecule has 4 rings (SSSR count). The summed E-state index contributed by atoms with van der Waals surface area (Å²) in [5.74, 6) is 0.926. The number of halogens is 1. The van der Waals surface area contributed by atoms with Gasteiger partial charge in [0.1, 0.15) is 12.0 Å². The van der Waals surface area contributed by atoms with Gasteiger partial charge in [0.05, 0.1) is 0 Å². The fourth-order valence-electron chi connectivity index (χ4n) is 4.82. The van der Waals surface area contributed by atoms with Gasteiger partial charge < -0.3 is 16.0 Å². The van der Waals surface area contributed by atoms with Crippen molar-refractivity contribution in [1.29, 1.82) is 0 Å². The standard InChI is InChI=1S/C24H33FN4/c1-15(2)28-23-13-20-18(14-27-23)11-17(24-16(3)5-4-6-21(24)25)12-22(20)29-19-7-9-26-10-8-19/h4-6,11,13-15,17,19,21,24,26,28-29H,7-10,12H2,1-3H3. The number of hydrogen-bond acceptors (Lipinski definition) is 4. The van der Waals surface area contributed by atoms with Gasteiger partial charge in [-0.3, -0.25) is 0 Å². The molecule has 5 heteroatoms. The molecule has 1 fully saturated rings. The van der Waals surface area contributed by atoms with Crippen molar-refractivity contribution in [3.05, 3.63) is 46.5 Å². The summed E-state index contributed by atoms with van der Waals surface area (Å²) >= 11 is 0. The molecule has 29 heavy (non-hydrogen) atoms. The predicted molar refractivity (Wildman–Crippen MR) is 119 cm³/mol. The molecule has 0 aromatic carbocycles. The first-order chi connectivity index (χ1) is 14.0. The number of allylic oxidation sites excluding steroid dienone is 4. The molecule has 1 aromatic rings. The Kier molecular flexibility index (Phi) is 6.04. The van der Waals surface area contributed by atoms with Crippen LogP contribution in [0.15, 0.2) is 36.1 Å². The van der Waals surface area contributed by atoms with Crippen molar-refractivity contribution in [2.24, 2.45) is 11.8 Å². The van der Waals surface area contributed by atoms with Crippen molar-refractivity contribution in [1.82, 2.24) is 15.6 Å². The molecule has 3 N–H and O–H groups in total. The lowest BCUT2D eigenvalue weighted by atomic mass is 9.76. The number of nitrogens with one attached hydrogen (secondary N) is 3. The van der Waals surface area contributed by atoms with Crippen molar-refractivity contribution in [2.45, 2.75) is 58.3 Å². The quantitative estimate of drug-likeness (QED) is 0.716. The van der Waals surface area contributed by atoms with Gasteiger partial charge in [0.2, 0.25) is 0 Å². The van der Waals surface area contributed by atoms with E-state index in [1.807, 2.05) is 12.3 Å². The molecular formula is C24H33FN4. The van der Waals surface area contributed by atoms with E-state index in [2.05, 4.69) is 59.9 Å². The highest BCUT2D eigenvalue weighted by Gasteiger charge is 2.32. The van der Waals surface area contributed by atoms with Crippen LogP contribution in [0.5, 0.6) is 0 Å². The maximum Gasteiger partial charge on any atom is 0.126 e. The van der Waals surface area contributed by atoms with Gasteiger partial charge in [0.25, 0.3) is 0 Å². The number of alkyl halides is 1. The fraction of sp³-hybridized carbons (Fsp3) is 0.542. The zero-order chi connectivity index (χ0) is 20.4. The molecule has 1 aromatic heterocycles. The number of piperidine rings is 1. The Morgan fingerprint density at radius 2 is 2.03 bits per heavy atom. The first-order valence-corrected chi connectivity index (χ1v) is 10.9. The average molecular weight is 397 g/mol. The highest BCUT2D eigenvalue weighted by molar-refractivity contribution is 5.55. The second kappa shape index (κ2) is 8.70. The Labute approximate surface area is 173 Å². The monoisotopic (exact) mass is 396 g/mol. The molecule has 3 atom stereocenters. The Bertz CT molecular complexity index is 911. The van der Waals surface area contributed by atoms with Gasteiger partial charge in [0, 0.05) is 35.1 Å². The van der Waals surface area contributed by atoms with Crippen LogP contribution < -0.4 is 26.4 Å². The number of pyridine rings is 1. The Morgan fingerprint density at radius 3 is 2.76 bits per heavy atom. The van der Waals surface area contributed by atoms with Gasteiger partial charge in [-0.1, -0.05) is 29.9 Å². The Balaban J connectivity index is 1.72. The Morgan fingerprint density at radius 1 is 1.24 bits per heavy atom. The third-order valence-corrected chi connectivity index (χ3v) is 6.23. The van der Waals surface area contributed by atoms with Crippen LogP contribution in [0.25, 0.3) is 11.8 Å². The second-order valence-electron chi connectivity index (χ2n) is 8.90. The van der Waals surface area contributed by atoms with E-state index in [-0.39, 0.29) is 11.8 Å². The van der Waals surface area contributed by atoms with Crippen LogP contribution in [0.2, 0.25) is 0 Å². The van der Waals surface area contributed by atoms with Gasteiger partial charge in [-0.15, -0.1) is 0 Å². The number of nitrogens with zero attached hydrogens (tertiary/aromatic N) is 1. The topological polar surface area (TPSA) is 49.0 Å². The van der Waals surface area contributed by atoms with E-state index >= 15 is 0 Å². The lowest BCUT2D eigenvalue weighted by Gasteiger charge is -2.34. The largest absolute Gasteiger partial charge is 0.385 e. The molecule has 3 aliphatic rings. The van der Waals surface area contributed by atoms with Gasteiger partial charge in [-0.2, -0.15) is 0 Å². The molecule has 0 radical (unpaired) electrons. The lowest BCUT2D eigenvalue weighted by molar-refractivity contribution is 0.266. The minimum Gasteiger partial charge on any atom is -0.385 e. The Hall–Kier alpha value is -2.14. The SMILES string of the molecule is CC1=CC=CC(F)C1C1C=c2cnc(NC(C)C)cc2=C(NC2CCNCC2)C1.